The van der Waals surface area contributed by atoms with Gasteiger partial charge < -0.3 is 14.6 Å². The summed E-state index contributed by atoms with van der Waals surface area (Å²) in [6, 6.07) is 8.30. The zero-order valence-electron chi connectivity index (χ0n) is 18.6. The van der Waals surface area contributed by atoms with Crippen molar-refractivity contribution in [3.05, 3.63) is 69.4 Å². The van der Waals surface area contributed by atoms with Crippen LogP contribution in [0.25, 0.3) is 0 Å². The molecule has 1 saturated carbocycles. The van der Waals surface area contributed by atoms with E-state index in [1.54, 1.807) is 25.4 Å². The molecule has 1 fully saturated rings. The highest BCUT2D eigenvalue weighted by molar-refractivity contribution is 7.07. The molecule has 0 amide bonds. The van der Waals surface area contributed by atoms with Crippen LogP contribution >= 0.6 is 22.9 Å². The van der Waals surface area contributed by atoms with E-state index in [9.17, 15) is 14.3 Å². The number of aromatic nitrogens is 2. The quantitative estimate of drug-likeness (QED) is 0.462. The van der Waals surface area contributed by atoms with Crippen molar-refractivity contribution >= 4 is 34.6 Å². The molecule has 0 bridgehead atoms. The topological polar surface area (TPSA) is 85.9 Å². The van der Waals surface area contributed by atoms with Crippen molar-refractivity contribution in [2.24, 2.45) is 16.8 Å². The number of thiazole rings is 1. The van der Waals surface area contributed by atoms with Gasteiger partial charge in [-0.2, -0.15) is 0 Å². The number of carbonyl (C=O) groups is 1. The molecule has 2 aromatic heterocycles. The van der Waals surface area contributed by atoms with E-state index in [0.29, 0.717) is 43.8 Å². The number of halogens is 2. The fourth-order valence-corrected chi connectivity index (χ4v) is 5.19. The molecule has 34 heavy (non-hydrogen) atoms. The number of ether oxygens (including phenoxy) is 2. The van der Waals surface area contributed by atoms with E-state index >= 15 is 0 Å². The summed E-state index contributed by atoms with van der Waals surface area (Å²) >= 11 is 7.36. The van der Waals surface area contributed by atoms with Crippen molar-refractivity contribution in [1.29, 1.82) is 0 Å². The molecule has 180 valence electrons. The zero-order chi connectivity index (χ0) is 24.1. The van der Waals surface area contributed by atoms with Crippen LogP contribution in [0.3, 0.4) is 0 Å². The lowest BCUT2D eigenvalue weighted by Gasteiger charge is -2.34. The highest BCUT2D eigenvalue weighted by Gasteiger charge is 2.37. The standard InChI is InChI=1S/C24H25ClFN3O4S/c1-32-14-29-10-11-34-24(29)28-19-5-3-9-27-20(19)13-15-12-16(7-8-17(15)23(30)31)33-21-6-2-4-18(25)22(21)26/h2-6,9-11,15-17H,7-8,12-14H2,1H3,(H,30,31)/b28-24-. The summed E-state index contributed by atoms with van der Waals surface area (Å²) in [7, 11) is 1.62. The number of aliphatic carboxylic acids is 1. The van der Waals surface area contributed by atoms with E-state index in [-0.39, 0.29) is 22.8 Å². The Labute approximate surface area is 205 Å². The predicted octanol–water partition coefficient (Wildman–Crippen LogP) is 5.06. The van der Waals surface area contributed by atoms with Crippen LogP contribution in [0, 0.1) is 17.7 Å². The average Bonchev–Trinajstić information content (AvgIpc) is 3.25. The molecule has 1 aromatic carbocycles. The second-order valence-corrected chi connectivity index (χ2v) is 9.45. The summed E-state index contributed by atoms with van der Waals surface area (Å²) in [5.41, 5.74) is 1.40. The Bertz CT molecular complexity index is 1210. The van der Waals surface area contributed by atoms with Gasteiger partial charge in [-0.05, 0) is 55.9 Å². The number of hydrogen-bond donors (Lipinski definition) is 1. The van der Waals surface area contributed by atoms with Gasteiger partial charge in [0.1, 0.15) is 6.73 Å². The highest BCUT2D eigenvalue weighted by Crippen LogP contribution is 2.37. The lowest BCUT2D eigenvalue weighted by molar-refractivity contribution is -0.145. The molecule has 7 nitrogen and oxygen atoms in total. The summed E-state index contributed by atoms with van der Waals surface area (Å²) in [5, 5.41) is 11.8. The van der Waals surface area contributed by atoms with Gasteiger partial charge in [0.05, 0.1) is 28.4 Å². The molecule has 0 saturated heterocycles. The Hall–Kier alpha value is -2.75. The number of benzene rings is 1. The third kappa shape index (κ3) is 5.65. The van der Waals surface area contributed by atoms with E-state index in [4.69, 9.17) is 26.1 Å². The lowest BCUT2D eigenvalue weighted by Crippen LogP contribution is -2.36. The number of rotatable bonds is 8. The van der Waals surface area contributed by atoms with Crippen molar-refractivity contribution in [2.75, 3.05) is 7.11 Å². The number of hydrogen-bond acceptors (Lipinski definition) is 6. The fraction of sp³-hybridized carbons (Fsp3) is 0.375. The van der Waals surface area contributed by atoms with Crippen molar-refractivity contribution in [3.63, 3.8) is 0 Å². The first-order chi connectivity index (χ1) is 16.5. The Balaban J connectivity index is 1.58. The van der Waals surface area contributed by atoms with Crippen LogP contribution in [-0.2, 0) is 22.7 Å². The first-order valence-electron chi connectivity index (χ1n) is 10.9. The van der Waals surface area contributed by atoms with Gasteiger partial charge in [0, 0.05) is 24.9 Å². The van der Waals surface area contributed by atoms with E-state index < -0.39 is 17.7 Å². The van der Waals surface area contributed by atoms with Gasteiger partial charge >= 0.3 is 5.97 Å². The summed E-state index contributed by atoms with van der Waals surface area (Å²) in [5.74, 6) is -2.15. The third-order valence-corrected chi connectivity index (χ3v) is 7.01. The molecule has 4 rings (SSSR count). The minimum atomic E-state index is -0.844. The lowest BCUT2D eigenvalue weighted by atomic mass is 9.75. The minimum Gasteiger partial charge on any atom is -0.487 e. The summed E-state index contributed by atoms with van der Waals surface area (Å²) < 4.78 is 27.3. The number of carboxylic acids is 1. The number of methoxy groups -OCH3 is 1. The Kier molecular flexibility index (Phi) is 7.97. The van der Waals surface area contributed by atoms with Gasteiger partial charge in [0.25, 0.3) is 0 Å². The van der Waals surface area contributed by atoms with Crippen LogP contribution in [0.2, 0.25) is 5.02 Å². The Morgan fingerprint density at radius 2 is 2.21 bits per heavy atom. The van der Waals surface area contributed by atoms with Crippen LogP contribution in [-0.4, -0.2) is 33.8 Å². The molecule has 0 aliphatic heterocycles. The molecule has 10 heteroatoms. The van der Waals surface area contributed by atoms with Crippen molar-refractivity contribution in [2.45, 2.75) is 38.5 Å². The SMILES string of the molecule is COCn1ccs/c1=N\c1cccnc1CC1CC(Oc2cccc(Cl)c2F)CCC1C(=O)O. The first kappa shape index (κ1) is 24.4. The fourth-order valence-electron chi connectivity index (χ4n) is 4.30. The van der Waals surface area contributed by atoms with Crippen molar-refractivity contribution < 1.29 is 23.8 Å². The smallest absolute Gasteiger partial charge is 0.306 e. The summed E-state index contributed by atoms with van der Waals surface area (Å²) in [6.07, 6.45) is 5.09. The van der Waals surface area contributed by atoms with Crippen LogP contribution < -0.4 is 9.54 Å². The van der Waals surface area contributed by atoms with Gasteiger partial charge in [0.15, 0.2) is 16.4 Å². The molecular weight excluding hydrogens is 481 g/mol. The van der Waals surface area contributed by atoms with Crippen LogP contribution in [0.5, 0.6) is 5.75 Å². The monoisotopic (exact) mass is 505 g/mol. The Morgan fingerprint density at radius 3 is 3.00 bits per heavy atom. The van der Waals surface area contributed by atoms with Gasteiger partial charge in [-0.3, -0.25) is 14.3 Å². The molecular formula is C24H25ClFN3O4S. The third-order valence-electron chi connectivity index (χ3n) is 5.93. The van der Waals surface area contributed by atoms with E-state index in [1.165, 1.54) is 23.5 Å². The predicted molar refractivity (Wildman–Crippen MR) is 127 cm³/mol. The second-order valence-electron chi connectivity index (χ2n) is 8.17. The van der Waals surface area contributed by atoms with Gasteiger partial charge in [0.2, 0.25) is 0 Å². The minimum absolute atomic E-state index is 0.00713. The van der Waals surface area contributed by atoms with E-state index in [1.807, 2.05) is 22.2 Å². The molecule has 2 heterocycles. The van der Waals surface area contributed by atoms with Gasteiger partial charge in [-0.1, -0.05) is 17.7 Å². The van der Waals surface area contributed by atoms with Crippen LogP contribution in [0.15, 0.2) is 53.1 Å². The average molecular weight is 506 g/mol. The highest BCUT2D eigenvalue weighted by atomic mass is 35.5. The molecule has 1 aliphatic carbocycles. The number of nitrogens with zero attached hydrogens (tertiary/aromatic N) is 3. The van der Waals surface area contributed by atoms with Crippen LogP contribution in [0.4, 0.5) is 10.1 Å². The van der Waals surface area contributed by atoms with E-state index in [0.717, 1.165) is 4.80 Å². The number of pyridine rings is 1. The van der Waals surface area contributed by atoms with Crippen LogP contribution in [0.1, 0.15) is 25.0 Å². The van der Waals surface area contributed by atoms with Gasteiger partial charge in [-0.15, -0.1) is 11.3 Å². The summed E-state index contributed by atoms with van der Waals surface area (Å²) in [6.45, 7) is 0.376. The molecule has 1 aliphatic rings. The van der Waals surface area contributed by atoms with Crippen molar-refractivity contribution in [1.82, 2.24) is 9.55 Å². The maximum absolute atomic E-state index is 14.3. The molecule has 3 atom stereocenters. The molecule has 3 aromatic rings. The number of carboxylic acid groups (broad SMARTS) is 1. The molecule has 1 N–H and O–H groups in total. The van der Waals surface area contributed by atoms with Crippen molar-refractivity contribution in [3.8, 4) is 5.75 Å². The largest absolute Gasteiger partial charge is 0.487 e. The molecule has 3 unspecified atom stereocenters. The summed E-state index contributed by atoms with van der Waals surface area (Å²) in [4.78, 5) is 22.0. The first-order valence-corrected chi connectivity index (χ1v) is 12.2. The second kappa shape index (κ2) is 11.1. The molecule has 0 radical (unpaired) electrons. The van der Waals surface area contributed by atoms with E-state index in [2.05, 4.69) is 4.98 Å². The molecule has 0 spiro atoms. The normalized spacial score (nSPS) is 20.9. The van der Waals surface area contributed by atoms with Gasteiger partial charge in [-0.25, -0.2) is 9.38 Å². The maximum atomic E-state index is 14.3. The zero-order valence-corrected chi connectivity index (χ0v) is 20.1. The Morgan fingerprint density at radius 1 is 1.35 bits per heavy atom. The maximum Gasteiger partial charge on any atom is 0.306 e.